The van der Waals surface area contributed by atoms with Gasteiger partial charge >= 0.3 is 5.97 Å². The van der Waals surface area contributed by atoms with Crippen molar-refractivity contribution in [1.82, 2.24) is 0 Å². The Morgan fingerprint density at radius 3 is 1.96 bits per heavy atom. The third kappa shape index (κ3) is 4.88. The van der Waals surface area contributed by atoms with Crippen molar-refractivity contribution in [2.24, 2.45) is 11.8 Å². The first kappa shape index (κ1) is 19.4. The smallest absolute Gasteiger partial charge is 0.307 e. The molecule has 7 nitrogen and oxygen atoms in total. The standard InChI is InChI=1S/C21H22N2O5/c24-13-22-14-5-9-16(10-6-14)28-17-11-7-15(8-12-17)23-20(25)18-3-1-2-4-19(18)21(26)27/h5-13,18-19H,1-4H2,(H,22,24)(H,23,25)(H,26,27)/t18-,19+/m0/s1. The molecule has 2 aromatic carbocycles. The summed E-state index contributed by atoms with van der Waals surface area (Å²) < 4.78 is 5.73. The van der Waals surface area contributed by atoms with Gasteiger partial charge in [0.25, 0.3) is 0 Å². The van der Waals surface area contributed by atoms with Crippen LogP contribution in [-0.2, 0) is 14.4 Å². The highest BCUT2D eigenvalue weighted by Crippen LogP contribution is 2.31. The van der Waals surface area contributed by atoms with Crippen LogP contribution in [0.1, 0.15) is 25.7 Å². The number of benzene rings is 2. The van der Waals surface area contributed by atoms with E-state index in [-0.39, 0.29) is 5.91 Å². The maximum absolute atomic E-state index is 12.5. The molecular weight excluding hydrogens is 360 g/mol. The van der Waals surface area contributed by atoms with E-state index in [9.17, 15) is 19.5 Å². The van der Waals surface area contributed by atoms with Crippen molar-refractivity contribution >= 4 is 29.7 Å². The second-order valence-electron chi connectivity index (χ2n) is 6.74. The number of hydrogen-bond acceptors (Lipinski definition) is 4. The molecule has 0 spiro atoms. The number of carbonyl (C=O) groups excluding carboxylic acids is 2. The third-order valence-corrected chi connectivity index (χ3v) is 4.86. The fourth-order valence-electron chi connectivity index (χ4n) is 3.40. The summed E-state index contributed by atoms with van der Waals surface area (Å²) in [5.41, 5.74) is 1.26. The molecule has 2 aromatic rings. The Morgan fingerprint density at radius 1 is 0.893 bits per heavy atom. The number of carbonyl (C=O) groups is 3. The Bertz CT molecular complexity index is 833. The minimum Gasteiger partial charge on any atom is -0.481 e. The molecule has 2 atom stereocenters. The van der Waals surface area contributed by atoms with E-state index in [1.54, 1.807) is 48.5 Å². The van der Waals surface area contributed by atoms with Crippen molar-refractivity contribution in [1.29, 1.82) is 0 Å². The Kier molecular flexibility index (Phi) is 6.26. The first-order valence-electron chi connectivity index (χ1n) is 9.18. The van der Waals surface area contributed by atoms with Crippen molar-refractivity contribution in [3.63, 3.8) is 0 Å². The van der Waals surface area contributed by atoms with E-state index < -0.39 is 17.8 Å². The van der Waals surface area contributed by atoms with Gasteiger partial charge in [0.05, 0.1) is 11.8 Å². The van der Waals surface area contributed by atoms with E-state index in [1.807, 2.05) is 0 Å². The summed E-state index contributed by atoms with van der Waals surface area (Å²) in [6.07, 6.45) is 3.46. The largest absolute Gasteiger partial charge is 0.481 e. The molecule has 0 unspecified atom stereocenters. The lowest BCUT2D eigenvalue weighted by atomic mass is 9.78. The SMILES string of the molecule is O=CNc1ccc(Oc2ccc(NC(=O)[C@H]3CCCC[C@H]3C(=O)O)cc2)cc1. The molecule has 3 rings (SSSR count). The van der Waals surface area contributed by atoms with Gasteiger partial charge in [-0.1, -0.05) is 12.8 Å². The predicted octanol–water partition coefficient (Wildman–Crippen LogP) is 3.88. The molecular formula is C21H22N2O5. The highest BCUT2D eigenvalue weighted by molar-refractivity contribution is 5.95. The number of anilines is 2. The number of carboxylic acid groups (broad SMARTS) is 1. The van der Waals surface area contributed by atoms with Crippen molar-refractivity contribution in [2.75, 3.05) is 10.6 Å². The lowest BCUT2D eigenvalue weighted by Gasteiger charge is -2.27. The first-order chi connectivity index (χ1) is 13.6. The van der Waals surface area contributed by atoms with Crippen LogP contribution in [0.2, 0.25) is 0 Å². The van der Waals surface area contributed by atoms with Crippen molar-refractivity contribution in [3.05, 3.63) is 48.5 Å². The van der Waals surface area contributed by atoms with Crippen LogP contribution in [0.25, 0.3) is 0 Å². The Morgan fingerprint density at radius 2 is 1.43 bits per heavy atom. The van der Waals surface area contributed by atoms with Crippen LogP contribution in [0.15, 0.2) is 48.5 Å². The van der Waals surface area contributed by atoms with Crippen LogP contribution in [0.4, 0.5) is 11.4 Å². The lowest BCUT2D eigenvalue weighted by molar-refractivity contribution is -0.147. The second kappa shape index (κ2) is 9.03. The molecule has 1 saturated carbocycles. The summed E-state index contributed by atoms with van der Waals surface area (Å²) in [5.74, 6) is -1.07. The van der Waals surface area contributed by atoms with E-state index in [0.717, 1.165) is 12.8 Å². The van der Waals surface area contributed by atoms with Crippen LogP contribution in [0.3, 0.4) is 0 Å². The minimum absolute atomic E-state index is 0.251. The minimum atomic E-state index is -0.905. The number of ether oxygens (including phenoxy) is 1. The van der Waals surface area contributed by atoms with Crippen LogP contribution in [-0.4, -0.2) is 23.4 Å². The van der Waals surface area contributed by atoms with Gasteiger partial charge < -0.3 is 20.5 Å². The summed E-state index contributed by atoms with van der Waals surface area (Å²) in [5, 5.41) is 14.7. The average molecular weight is 382 g/mol. The zero-order valence-electron chi connectivity index (χ0n) is 15.3. The molecule has 28 heavy (non-hydrogen) atoms. The zero-order chi connectivity index (χ0) is 19.9. The van der Waals surface area contributed by atoms with Crippen molar-refractivity contribution in [3.8, 4) is 11.5 Å². The number of hydrogen-bond donors (Lipinski definition) is 3. The molecule has 146 valence electrons. The number of aliphatic carboxylic acids is 1. The number of amides is 2. The van der Waals surface area contributed by atoms with Gasteiger partial charge in [0.15, 0.2) is 0 Å². The van der Waals surface area contributed by atoms with Gasteiger partial charge in [-0.25, -0.2) is 0 Å². The molecule has 0 aliphatic heterocycles. The predicted molar refractivity (Wildman–Crippen MR) is 104 cm³/mol. The number of nitrogens with one attached hydrogen (secondary N) is 2. The van der Waals surface area contributed by atoms with Gasteiger partial charge in [-0.2, -0.15) is 0 Å². The van der Waals surface area contributed by atoms with Crippen LogP contribution in [0.5, 0.6) is 11.5 Å². The molecule has 1 aliphatic carbocycles. The third-order valence-electron chi connectivity index (χ3n) is 4.86. The summed E-state index contributed by atoms with van der Waals surface area (Å²) in [6.45, 7) is 0. The van der Waals surface area contributed by atoms with Crippen molar-refractivity contribution in [2.45, 2.75) is 25.7 Å². The first-order valence-corrected chi connectivity index (χ1v) is 9.18. The summed E-state index contributed by atoms with van der Waals surface area (Å²) >= 11 is 0. The molecule has 0 saturated heterocycles. The molecule has 3 N–H and O–H groups in total. The molecule has 7 heteroatoms. The number of carboxylic acids is 1. The second-order valence-corrected chi connectivity index (χ2v) is 6.74. The van der Waals surface area contributed by atoms with Gasteiger partial charge in [0.2, 0.25) is 12.3 Å². The van der Waals surface area contributed by atoms with Crippen LogP contribution < -0.4 is 15.4 Å². The van der Waals surface area contributed by atoms with Gasteiger partial charge in [-0.15, -0.1) is 0 Å². The molecule has 0 radical (unpaired) electrons. The molecule has 1 aliphatic rings. The Balaban J connectivity index is 1.60. The topological polar surface area (TPSA) is 105 Å². The summed E-state index contributed by atoms with van der Waals surface area (Å²) in [7, 11) is 0. The number of rotatable bonds is 7. The van der Waals surface area contributed by atoms with Crippen LogP contribution in [0, 0.1) is 11.8 Å². The molecule has 0 aromatic heterocycles. The highest BCUT2D eigenvalue weighted by atomic mass is 16.5. The van der Waals surface area contributed by atoms with Gasteiger partial charge in [0.1, 0.15) is 11.5 Å². The van der Waals surface area contributed by atoms with Crippen LogP contribution >= 0.6 is 0 Å². The van der Waals surface area contributed by atoms with Gasteiger partial charge in [0, 0.05) is 11.4 Å². The van der Waals surface area contributed by atoms with Gasteiger partial charge in [-0.05, 0) is 61.4 Å². The zero-order valence-corrected chi connectivity index (χ0v) is 15.3. The van der Waals surface area contributed by atoms with Gasteiger partial charge in [-0.3, -0.25) is 14.4 Å². The fraction of sp³-hybridized carbons (Fsp3) is 0.286. The maximum atomic E-state index is 12.5. The molecule has 0 heterocycles. The molecule has 0 bridgehead atoms. The van der Waals surface area contributed by atoms with E-state index in [4.69, 9.17) is 4.74 Å². The summed E-state index contributed by atoms with van der Waals surface area (Å²) in [4.78, 5) is 34.3. The Labute approximate surface area is 162 Å². The quantitative estimate of drug-likeness (QED) is 0.631. The fourth-order valence-corrected chi connectivity index (χ4v) is 3.40. The van der Waals surface area contributed by atoms with E-state index in [2.05, 4.69) is 10.6 Å². The van der Waals surface area contributed by atoms with E-state index in [1.165, 1.54) is 0 Å². The maximum Gasteiger partial charge on any atom is 0.307 e. The summed E-state index contributed by atoms with van der Waals surface area (Å²) in [6, 6.07) is 13.8. The average Bonchev–Trinajstić information content (AvgIpc) is 2.71. The highest BCUT2D eigenvalue weighted by Gasteiger charge is 2.35. The van der Waals surface area contributed by atoms with Crippen molar-refractivity contribution < 1.29 is 24.2 Å². The molecule has 1 fully saturated rings. The normalized spacial score (nSPS) is 18.7. The monoisotopic (exact) mass is 382 g/mol. The van der Waals surface area contributed by atoms with E-state index in [0.29, 0.717) is 42.1 Å². The lowest BCUT2D eigenvalue weighted by Crippen LogP contribution is -2.36. The van der Waals surface area contributed by atoms with E-state index >= 15 is 0 Å². The molecule has 2 amide bonds. The Hall–Kier alpha value is -3.35.